The Morgan fingerprint density at radius 2 is 2.08 bits per heavy atom. The third-order valence-corrected chi connectivity index (χ3v) is 1.79. The molecule has 70 valence electrons. The molecule has 4 nitrogen and oxygen atoms in total. The van der Waals surface area contributed by atoms with Crippen LogP contribution in [0.25, 0.3) is 0 Å². The molecule has 13 heavy (non-hydrogen) atoms. The second-order valence-corrected chi connectivity index (χ2v) is 3.06. The first-order chi connectivity index (χ1) is 6.02. The summed E-state index contributed by atoms with van der Waals surface area (Å²) in [5.74, 6) is 0.387. The summed E-state index contributed by atoms with van der Waals surface area (Å²) in [7, 11) is 3.79. The Morgan fingerprint density at radius 3 is 2.46 bits per heavy atom. The van der Waals surface area contributed by atoms with E-state index in [1.54, 1.807) is 19.1 Å². The van der Waals surface area contributed by atoms with Crippen LogP contribution in [0.2, 0.25) is 0 Å². The predicted octanol–water partition coefficient (Wildman–Crippen LogP) is 0.555. The van der Waals surface area contributed by atoms with Crippen LogP contribution in [0.3, 0.4) is 0 Å². The minimum atomic E-state index is -0.435. The highest BCUT2D eigenvalue weighted by atomic mass is 16.1. The molecule has 1 heterocycles. The third kappa shape index (κ3) is 1.96. The molecular formula is C9H13N3O. The second kappa shape index (κ2) is 3.43. The summed E-state index contributed by atoms with van der Waals surface area (Å²) >= 11 is 0. The first kappa shape index (κ1) is 9.51. The first-order valence-corrected chi connectivity index (χ1v) is 3.97. The molecule has 0 radical (unpaired) electrons. The molecule has 1 rings (SSSR count). The lowest BCUT2D eigenvalue weighted by Gasteiger charge is -2.12. The molecule has 1 aromatic rings. The van der Waals surface area contributed by atoms with Crippen LogP contribution in [0.15, 0.2) is 12.1 Å². The molecule has 0 aliphatic heterocycles. The van der Waals surface area contributed by atoms with Crippen LogP contribution in [-0.2, 0) is 0 Å². The number of carbonyl (C=O) groups is 1. The van der Waals surface area contributed by atoms with Gasteiger partial charge in [-0.3, -0.25) is 4.79 Å². The molecule has 4 heteroatoms. The molecule has 1 amide bonds. The van der Waals surface area contributed by atoms with Gasteiger partial charge in [-0.05, 0) is 19.1 Å². The molecule has 0 fully saturated rings. The van der Waals surface area contributed by atoms with Crippen molar-refractivity contribution in [2.75, 3.05) is 19.0 Å². The van der Waals surface area contributed by atoms with Crippen LogP contribution in [0.4, 0.5) is 5.82 Å². The van der Waals surface area contributed by atoms with Gasteiger partial charge in [0.25, 0.3) is 5.91 Å². The molecule has 0 unspecified atom stereocenters. The molecule has 0 atom stereocenters. The van der Waals surface area contributed by atoms with Crippen LogP contribution in [-0.4, -0.2) is 25.0 Å². The maximum atomic E-state index is 10.9. The lowest BCUT2D eigenvalue weighted by atomic mass is 10.2. The molecule has 1 aromatic heterocycles. The van der Waals surface area contributed by atoms with Crippen molar-refractivity contribution in [3.63, 3.8) is 0 Å². The fourth-order valence-corrected chi connectivity index (χ4v) is 1.06. The standard InChI is InChI=1S/C9H13N3O/c1-6-7(9(10)13)4-5-8(11-6)12(2)3/h4-5H,1-3H3,(H2,10,13). The zero-order valence-corrected chi connectivity index (χ0v) is 8.03. The van der Waals surface area contributed by atoms with Gasteiger partial charge < -0.3 is 10.6 Å². The van der Waals surface area contributed by atoms with Crippen molar-refractivity contribution in [2.45, 2.75) is 6.92 Å². The fourth-order valence-electron chi connectivity index (χ4n) is 1.06. The number of anilines is 1. The van der Waals surface area contributed by atoms with E-state index in [0.717, 1.165) is 5.82 Å². The van der Waals surface area contributed by atoms with E-state index in [9.17, 15) is 4.79 Å². The Bertz CT molecular complexity index is 334. The smallest absolute Gasteiger partial charge is 0.250 e. The van der Waals surface area contributed by atoms with Crippen LogP contribution < -0.4 is 10.6 Å². The number of nitrogens with zero attached hydrogens (tertiary/aromatic N) is 2. The minimum Gasteiger partial charge on any atom is -0.366 e. The Kier molecular flexibility index (Phi) is 2.51. The lowest BCUT2D eigenvalue weighted by Crippen LogP contribution is -2.16. The summed E-state index contributed by atoms with van der Waals surface area (Å²) in [4.78, 5) is 17.0. The van der Waals surface area contributed by atoms with Gasteiger partial charge in [-0.1, -0.05) is 0 Å². The molecule has 0 aliphatic carbocycles. The Labute approximate surface area is 77.4 Å². The normalized spacial score (nSPS) is 9.77. The number of carbonyl (C=O) groups excluding carboxylic acids is 1. The van der Waals surface area contributed by atoms with E-state index in [1.165, 1.54) is 0 Å². The van der Waals surface area contributed by atoms with E-state index in [4.69, 9.17) is 5.73 Å². The average Bonchev–Trinajstić information content (AvgIpc) is 2.03. The third-order valence-electron chi connectivity index (χ3n) is 1.79. The molecule has 2 N–H and O–H groups in total. The minimum absolute atomic E-state index is 0.435. The van der Waals surface area contributed by atoms with E-state index in [0.29, 0.717) is 11.3 Å². The van der Waals surface area contributed by atoms with Crippen molar-refractivity contribution in [1.29, 1.82) is 0 Å². The van der Waals surface area contributed by atoms with E-state index >= 15 is 0 Å². The molecule has 0 bridgehead atoms. The van der Waals surface area contributed by atoms with E-state index in [1.807, 2.05) is 19.0 Å². The number of amides is 1. The number of nitrogens with two attached hydrogens (primary N) is 1. The Balaban J connectivity index is 3.13. The number of hydrogen-bond acceptors (Lipinski definition) is 3. The topological polar surface area (TPSA) is 59.2 Å². The summed E-state index contributed by atoms with van der Waals surface area (Å²) in [6, 6.07) is 3.47. The number of rotatable bonds is 2. The van der Waals surface area contributed by atoms with Gasteiger partial charge in [-0.25, -0.2) is 4.98 Å². The number of aryl methyl sites for hydroxylation is 1. The summed E-state index contributed by atoms with van der Waals surface area (Å²) < 4.78 is 0. The Hall–Kier alpha value is -1.58. The van der Waals surface area contributed by atoms with Gasteiger partial charge in [-0.2, -0.15) is 0 Å². The second-order valence-electron chi connectivity index (χ2n) is 3.06. The van der Waals surface area contributed by atoms with Crippen molar-refractivity contribution >= 4 is 11.7 Å². The number of aromatic nitrogens is 1. The maximum Gasteiger partial charge on any atom is 0.250 e. The van der Waals surface area contributed by atoms with Gasteiger partial charge in [0.2, 0.25) is 0 Å². The van der Waals surface area contributed by atoms with Crippen molar-refractivity contribution in [2.24, 2.45) is 5.73 Å². The zero-order chi connectivity index (χ0) is 10.0. The molecule has 0 saturated carbocycles. The van der Waals surface area contributed by atoms with Crippen molar-refractivity contribution in [3.8, 4) is 0 Å². The summed E-state index contributed by atoms with van der Waals surface area (Å²) in [6.07, 6.45) is 0. The molecule has 0 aromatic carbocycles. The van der Waals surface area contributed by atoms with Crippen LogP contribution >= 0.6 is 0 Å². The molecule has 0 spiro atoms. The first-order valence-electron chi connectivity index (χ1n) is 3.97. The highest BCUT2D eigenvalue weighted by Gasteiger charge is 2.06. The van der Waals surface area contributed by atoms with Crippen LogP contribution in [0.1, 0.15) is 16.1 Å². The van der Waals surface area contributed by atoms with E-state index in [-0.39, 0.29) is 0 Å². The zero-order valence-electron chi connectivity index (χ0n) is 8.03. The largest absolute Gasteiger partial charge is 0.366 e. The van der Waals surface area contributed by atoms with Gasteiger partial charge in [0.15, 0.2) is 0 Å². The molecular weight excluding hydrogens is 166 g/mol. The number of pyridine rings is 1. The highest BCUT2D eigenvalue weighted by Crippen LogP contribution is 2.11. The average molecular weight is 179 g/mol. The van der Waals surface area contributed by atoms with E-state index in [2.05, 4.69) is 4.98 Å². The predicted molar refractivity (Wildman–Crippen MR) is 51.8 cm³/mol. The van der Waals surface area contributed by atoms with Gasteiger partial charge in [-0.15, -0.1) is 0 Å². The molecule has 0 aliphatic rings. The summed E-state index contributed by atoms with van der Waals surface area (Å²) in [5, 5.41) is 0. The SMILES string of the molecule is Cc1nc(N(C)C)ccc1C(N)=O. The van der Waals surface area contributed by atoms with E-state index < -0.39 is 5.91 Å². The van der Waals surface area contributed by atoms with Crippen LogP contribution in [0.5, 0.6) is 0 Å². The maximum absolute atomic E-state index is 10.9. The van der Waals surface area contributed by atoms with Crippen molar-refractivity contribution in [3.05, 3.63) is 23.4 Å². The van der Waals surface area contributed by atoms with Crippen molar-refractivity contribution in [1.82, 2.24) is 4.98 Å². The van der Waals surface area contributed by atoms with Crippen molar-refractivity contribution < 1.29 is 4.79 Å². The number of hydrogen-bond donors (Lipinski definition) is 1. The van der Waals surface area contributed by atoms with Gasteiger partial charge >= 0.3 is 0 Å². The van der Waals surface area contributed by atoms with Gasteiger partial charge in [0.1, 0.15) is 5.82 Å². The van der Waals surface area contributed by atoms with Gasteiger partial charge in [0.05, 0.1) is 11.3 Å². The quantitative estimate of drug-likeness (QED) is 0.721. The Morgan fingerprint density at radius 1 is 1.46 bits per heavy atom. The van der Waals surface area contributed by atoms with Crippen LogP contribution in [0, 0.1) is 6.92 Å². The summed E-state index contributed by atoms with van der Waals surface area (Å²) in [5.41, 5.74) is 6.29. The fraction of sp³-hybridized carbons (Fsp3) is 0.333. The lowest BCUT2D eigenvalue weighted by molar-refractivity contribution is 0.0999. The van der Waals surface area contributed by atoms with Gasteiger partial charge in [0, 0.05) is 14.1 Å². The highest BCUT2D eigenvalue weighted by molar-refractivity contribution is 5.94. The number of primary amides is 1. The summed E-state index contributed by atoms with van der Waals surface area (Å²) in [6.45, 7) is 1.77. The monoisotopic (exact) mass is 179 g/mol. The molecule has 0 saturated heterocycles.